The van der Waals surface area contributed by atoms with Crippen molar-refractivity contribution < 1.29 is 42.8 Å². The van der Waals surface area contributed by atoms with E-state index in [1.165, 1.54) is 25.5 Å². The average molecular weight is 831 g/mol. The number of halogens is 1. The van der Waals surface area contributed by atoms with E-state index in [0.29, 0.717) is 22.1 Å². The first kappa shape index (κ1) is 35.5. The van der Waals surface area contributed by atoms with Crippen molar-refractivity contribution in [3.05, 3.63) is 81.7 Å². The number of methoxy groups -OCH3 is 1. The van der Waals surface area contributed by atoms with Gasteiger partial charge in [-0.2, -0.15) is 15.1 Å². The van der Waals surface area contributed by atoms with E-state index < -0.39 is 50.4 Å². The van der Waals surface area contributed by atoms with Crippen LogP contribution in [0.15, 0.2) is 66.7 Å². The SMILES string of the molecule is COc1nc(N)nc2c1nc(I)n2C1O[C@H](COP(=O)(N[C@@H](C)C(=O)OC2Cc3ccccc3C2)Oc2cccc3ccccc23)[C@@H](O)[C@@]1(C)O. The number of imidazole rings is 1. The first-order valence-corrected chi connectivity index (χ1v) is 18.8. The van der Waals surface area contributed by atoms with Gasteiger partial charge in [-0.25, -0.2) is 9.55 Å². The summed E-state index contributed by atoms with van der Waals surface area (Å²) < 4.78 is 45.7. The number of nitrogen functional groups attached to an aromatic ring is 1. The minimum absolute atomic E-state index is 0.0994. The number of nitrogens with one attached hydrogen (secondary N) is 1. The normalized spacial score (nSPS) is 23.6. The Balaban J connectivity index is 1.13. The molecule has 3 aromatic carbocycles. The number of hydrogen-bond donors (Lipinski definition) is 4. The molecular weight excluding hydrogens is 794 g/mol. The molecule has 1 aliphatic carbocycles. The van der Waals surface area contributed by atoms with Crippen LogP contribution in [0.1, 0.15) is 31.2 Å². The third kappa shape index (κ3) is 6.89. The summed E-state index contributed by atoms with van der Waals surface area (Å²) in [5, 5.41) is 27.1. The zero-order valence-corrected chi connectivity index (χ0v) is 30.9. The maximum absolute atomic E-state index is 14.6. The van der Waals surface area contributed by atoms with Gasteiger partial charge in [-0.3, -0.25) is 13.9 Å². The summed E-state index contributed by atoms with van der Waals surface area (Å²) in [6, 6.07) is 19.4. The van der Waals surface area contributed by atoms with Crippen LogP contribution < -0.4 is 20.1 Å². The topological polar surface area (TPSA) is 202 Å². The fourth-order valence-corrected chi connectivity index (χ4v) is 8.71. The lowest BCUT2D eigenvalue weighted by atomic mass is 9.96. The van der Waals surface area contributed by atoms with Crippen molar-refractivity contribution in [2.24, 2.45) is 0 Å². The van der Waals surface area contributed by atoms with E-state index in [-0.39, 0.29) is 34.8 Å². The highest BCUT2D eigenvalue weighted by Gasteiger charge is 2.55. The predicted molar refractivity (Wildman–Crippen MR) is 194 cm³/mol. The number of carbonyl (C=O) groups excluding carboxylic acids is 1. The highest BCUT2D eigenvalue weighted by molar-refractivity contribution is 14.1. The second-order valence-corrected chi connectivity index (χ2v) is 15.3. The lowest BCUT2D eigenvalue weighted by Crippen LogP contribution is -2.45. The van der Waals surface area contributed by atoms with Crippen molar-refractivity contribution in [3.8, 4) is 11.6 Å². The van der Waals surface area contributed by atoms with Gasteiger partial charge in [0.25, 0.3) is 0 Å². The number of aliphatic hydroxyl groups is 2. The second kappa shape index (κ2) is 13.9. The lowest BCUT2D eigenvalue weighted by Gasteiger charge is -2.28. The Morgan fingerprint density at radius 1 is 1.12 bits per heavy atom. The van der Waals surface area contributed by atoms with E-state index in [1.807, 2.05) is 71.1 Å². The molecule has 1 saturated heterocycles. The van der Waals surface area contributed by atoms with Crippen molar-refractivity contribution >= 4 is 64.2 Å². The van der Waals surface area contributed by atoms with Crippen molar-refractivity contribution in [2.45, 2.75) is 62.9 Å². The number of aliphatic hydroxyl groups excluding tert-OH is 1. The van der Waals surface area contributed by atoms with E-state index in [9.17, 15) is 19.6 Å². The molecule has 1 aliphatic heterocycles. The molecular formula is C34H36IN6O9P. The maximum atomic E-state index is 14.6. The molecule has 1 fully saturated rings. The minimum atomic E-state index is -4.42. The maximum Gasteiger partial charge on any atom is 0.459 e. The van der Waals surface area contributed by atoms with Crippen LogP contribution in [0.5, 0.6) is 11.6 Å². The van der Waals surface area contributed by atoms with Gasteiger partial charge in [-0.15, -0.1) is 0 Å². The fourth-order valence-electron chi connectivity index (χ4n) is 6.47. The number of fused-ring (bicyclic) bond motifs is 3. The van der Waals surface area contributed by atoms with Crippen LogP contribution in [0.25, 0.3) is 21.9 Å². The number of ether oxygens (including phenoxy) is 3. The van der Waals surface area contributed by atoms with E-state index in [2.05, 4.69) is 20.0 Å². The molecule has 3 heterocycles. The summed E-state index contributed by atoms with van der Waals surface area (Å²) in [6.45, 7) is 2.37. The van der Waals surface area contributed by atoms with Crippen LogP contribution in [-0.4, -0.2) is 79.4 Å². The molecule has 2 aliphatic rings. The summed E-state index contributed by atoms with van der Waals surface area (Å²) in [5.74, 6) is -0.386. The zero-order chi connectivity index (χ0) is 36.1. The van der Waals surface area contributed by atoms with E-state index in [4.69, 9.17) is 29.0 Å². The summed E-state index contributed by atoms with van der Waals surface area (Å²) in [7, 11) is -3.01. The Morgan fingerprint density at radius 2 is 1.80 bits per heavy atom. The van der Waals surface area contributed by atoms with Crippen LogP contribution in [-0.2, 0) is 36.2 Å². The number of hydrogen-bond acceptors (Lipinski definition) is 13. The van der Waals surface area contributed by atoms with Crippen molar-refractivity contribution in [2.75, 3.05) is 19.5 Å². The summed E-state index contributed by atoms with van der Waals surface area (Å²) in [4.78, 5) is 26.1. The number of anilines is 1. The Hall–Kier alpha value is -3.90. The molecule has 0 radical (unpaired) electrons. The largest absolute Gasteiger partial charge is 0.479 e. The quantitative estimate of drug-likeness (QED) is 0.0642. The van der Waals surface area contributed by atoms with Gasteiger partial charge in [0.15, 0.2) is 21.2 Å². The molecule has 17 heteroatoms. The highest BCUT2D eigenvalue weighted by Crippen LogP contribution is 2.49. The zero-order valence-electron chi connectivity index (χ0n) is 27.8. The molecule has 0 spiro atoms. The number of nitrogens with two attached hydrogens (primary N) is 1. The highest BCUT2D eigenvalue weighted by atomic mass is 127. The van der Waals surface area contributed by atoms with Gasteiger partial charge in [-0.1, -0.05) is 60.7 Å². The van der Waals surface area contributed by atoms with Crippen LogP contribution in [0.2, 0.25) is 0 Å². The average Bonchev–Trinajstić information content (AvgIpc) is 3.73. The first-order chi connectivity index (χ1) is 24.4. The molecule has 15 nitrogen and oxygen atoms in total. The van der Waals surface area contributed by atoms with Crippen LogP contribution >= 0.6 is 30.3 Å². The molecule has 0 saturated carbocycles. The second-order valence-electron chi connectivity index (χ2n) is 12.7. The molecule has 5 N–H and O–H groups in total. The Labute approximate surface area is 306 Å². The minimum Gasteiger partial charge on any atom is -0.479 e. The summed E-state index contributed by atoms with van der Waals surface area (Å²) >= 11 is 1.93. The number of aromatic nitrogens is 4. The summed E-state index contributed by atoms with van der Waals surface area (Å²) in [6.07, 6.45) is -3.25. The number of carbonyl (C=O) groups is 1. The van der Waals surface area contributed by atoms with Crippen LogP contribution in [0.3, 0.4) is 0 Å². The number of esters is 1. The molecule has 0 amide bonds. The molecule has 2 unspecified atom stereocenters. The van der Waals surface area contributed by atoms with Gasteiger partial charge in [0, 0.05) is 40.8 Å². The number of nitrogens with zero attached hydrogens (tertiary/aromatic N) is 4. The molecule has 268 valence electrons. The van der Waals surface area contributed by atoms with Crippen LogP contribution in [0.4, 0.5) is 5.95 Å². The smallest absolute Gasteiger partial charge is 0.459 e. The molecule has 2 aromatic heterocycles. The van der Waals surface area contributed by atoms with Gasteiger partial charge >= 0.3 is 13.7 Å². The molecule has 5 aromatic rings. The lowest BCUT2D eigenvalue weighted by molar-refractivity contribution is -0.150. The van der Waals surface area contributed by atoms with Gasteiger partial charge in [-0.05, 0) is 36.4 Å². The van der Waals surface area contributed by atoms with Gasteiger partial charge in [0.05, 0.1) is 13.7 Å². The standard InChI is InChI=1S/C34H36IN6O9P/c1-18(30(43)48-22-15-20-10-4-5-11-21(20)16-22)40-51(45,50-24-14-8-12-19-9-6-7-13-23(19)24)47-17-25-27(42)34(2,44)31(49-25)41-28-26(37-32(41)35)29(46-3)39-33(36)38-28/h4-14,18,22,25,27,31,42,44H,15-17H2,1-3H3,(H,40,45)(H2,36,38,39)/t18-,25+,27+,31?,34+,51?/m0/s1. The van der Waals surface area contributed by atoms with E-state index >= 15 is 0 Å². The fraction of sp³-hybridized carbons (Fsp3) is 0.353. The number of benzene rings is 3. The van der Waals surface area contributed by atoms with Crippen molar-refractivity contribution in [1.29, 1.82) is 0 Å². The number of rotatable bonds is 11. The summed E-state index contributed by atoms with van der Waals surface area (Å²) in [5.41, 5.74) is 6.69. The van der Waals surface area contributed by atoms with Gasteiger partial charge in [0.2, 0.25) is 11.8 Å². The molecule has 51 heavy (non-hydrogen) atoms. The van der Waals surface area contributed by atoms with E-state index in [1.54, 1.807) is 18.2 Å². The Morgan fingerprint density at radius 3 is 2.53 bits per heavy atom. The monoisotopic (exact) mass is 830 g/mol. The molecule has 7 rings (SSSR count). The predicted octanol–water partition coefficient (Wildman–Crippen LogP) is 4.08. The molecule has 0 bridgehead atoms. The third-order valence-electron chi connectivity index (χ3n) is 9.04. The van der Waals surface area contributed by atoms with Crippen molar-refractivity contribution in [1.82, 2.24) is 24.6 Å². The Kier molecular flexibility index (Phi) is 9.68. The molecule has 6 atom stereocenters. The van der Waals surface area contributed by atoms with Crippen LogP contribution in [0, 0.1) is 3.83 Å². The third-order valence-corrected chi connectivity index (χ3v) is 11.4. The van der Waals surface area contributed by atoms with Gasteiger partial charge in [0.1, 0.15) is 35.7 Å². The van der Waals surface area contributed by atoms with Crippen molar-refractivity contribution in [3.63, 3.8) is 0 Å². The van der Waals surface area contributed by atoms with E-state index in [0.717, 1.165) is 16.5 Å². The van der Waals surface area contributed by atoms with Gasteiger partial charge < -0.3 is 34.7 Å². The Bertz CT molecular complexity index is 2140. The first-order valence-electron chi connectivity index (χ1n) is 16.1.